The van der Waals surface area contributed by atoms with Crippen molar-refractivity contribution in [3.63, 3.8) is 0 Å². The average molecular weight is 432 g/mol. The summed E-state index contributed by atoms with van der Waals surface area (Å²) in [5, 5.41) is 2.30. The lowest BCUT2D eigenvalue weighted by Crippen LogP contribution is -1.71. The van der Waals surface area contributed by atoms with Gasteiger partial charge in [-0.25, -0.2) is 4.39 Å². The number of fused-ring (bicyclic) bond motifs is 9. The zero-order valence-electron chi connectivity index (χ0n) is 11.9. The van der Waals surface area contributed by atoms with E-state index in [1.54, 1.807) is 17.4 Å². The van der Waals surface area contributed by atoms with Gasteiger partial charge < -0.3 is 4.98 Å². The first kappa shape index (κ1) is 13.8. The summed E-state index contributed by atoms with van der Waals surface area (Å²) in [6, 6.07) is 11.4. The molecule has 1 N–H and O–H groups in total. The van der Waals surface area contributed by atoms with Crippen molar-refractivity contribution >= 4 is 99.9 Å². The second-order valence-electron chi connectivity index (χ2n) is 5.78. The Hall–Kier alpha value is -1.47. The molecule has 0 aliphatic heterocycles. The van der Waals surface area contributed by atoms with Crippen LogP contribution in [-0.2, 0) is 0 Å². The van der Waals surface area contributed by atoms with Crippen LogP contribution in [0.5, 0.6) is 0 Å². The van der Waals surface area contributed by atoms with Crippen molar-refractivity contribution in [2.45, 2.75) is 0 Å². The van der Waals surface area contributed by atoms with Crippen molar-refractivity contribution in [2.24, 2.45) is 0 Å². The molecule has 1 nitrogen and oxygen atoms in total. The third kappa shape index (κ3) is 1.67. The van der Waals surface area contributed by atoms with Crippen molar-refractivity contribution in [3.05, 3.63) is 46.7 Å². The molecule has 4 aromatic heterocycles. The predicted molar refractivity (Wildman–Crippen MR) is 110 cm³/mol. The van der Waals surface area contributed by atoms with E-state index in [0.29, 0.717) is 0 Å². The van der Waals surface area contributed by atoms with Gasteiger partial charge in [0, 0.05) is 25.5 Å². The lowest BCUT2D eigenvalue weighted by Gasteiger charge is -1.90. The van der Waals surface area contributed by atoms with E-state index in [-0.39, 0.29) is 5.82 Å². The lowest BCUT2D eigenvalue weighted by atomic mass is 10.2. The fourth-order valence-electron chi connectivity index (χ4n) is 3.31. The first-order valence-electron chi connectivity index (χ1n) is 7.33. The van der Waals surface area contributed by atoms with E-state index in [2.05, 4.69) is 39.1 Å². The van der Waals surface area contributed by atoms with Crippen LogP contribution in [0.2, 0.25) is 0 Å². The van der Waals surface area contributed by atoms with E-state index < -0.39 is 0 Å². The number of rotatable bonds is 0. The van der Waals surface area contributed by atoms with Crippen molar-refractivity contribution in [2.75, 3.05) is 0 Å². The number of H-pyrrole nitrogens is 1. The zero-order valence-corrected chi connectivity index (χ0v) is 16.0. The number of hydrogen-bond donors (Lipinski definition) is 1. The Kier molecular flexibility index (Phi) is 2.63. The van der Waals surface area contributed by atoms with Crippen LogP contribution in [0.4, 0.5) is 4.39 Å². The van der Waals surface area contributed by atoms with Crippen LogP contribution in [0, 0.1) is 5.82 Å². The smallest absolute Gasteiger partial charge is 0.124 e. The number of halogens is 2. The summed E-state index contributed by atoms with van der Waals surface area (Å²) in [5.74, 6) is -0.183. The van der Waals surface area contributed by atoms with E-state index in [4.69, 9.17) is 0 Å². The monoisotopic (exact) mass is 431 g/mol. The molecule has 6 rings (SSSR count). The largest absolute Gasteiger partial charge is 0.353 e. The Morgan fingerprint density at radius 2 is 1.62 bits per heavy atom. The van der Waals surface area contributed by atoms with E-state index in [0.717, 1.165) is 25.6 Å². The molecule has 0 atom stereocenters. The highest BCUT2D eigenvalue weighted by Crippen LogP contribution is 2.51. The van der Waals surface area contributed by atoms with Crippen LogP contribution < -0.4 is 0 Å². The van der Waals surface area contributed by atoms with Gasteiger partial charge in [0.1, 0.15) is 5.82 Å². The minimum Gasteiger partial charge on any atom is -0.353 e. The molecule has 0 spiro atoms. The number of aromatic nitrogens is 1. The molecule has 0 bridgehead atoms. The molecule has 0 fully saturated rings. The van der Waals surface area contributed by atoms with Crippen molar-refractivity contribution in [1.29, 1.82) is 0 Å². The van der Waals surface area contributed by atoms with Gasteiger partial charge in [-0.3, -0.25) is 0 Å². The number of nitrogens with one attached hydrogen (secondary N) is 1. The van der Waals surface area contributed by atoms with Gasteiger partial charge in [0.25, 0.3) is 0 Å². The van der Waals surface area contributed by atoms with Crippen LogP contribution in [0.3, 0.4) is 0 Å². The minimum absolute atomic E-state index is 0.183. The van der Waals surface area contributed by atoms with Crippen LogP contribution in [0.25, 0.3) is 50.0 Å². The molecule has 6 aromatic rings. The first-order chi connectivity index (χ1) is 11.7. The van der Waals surface area contributed by atoms with E-state index >= 15 is 0 Å². The standard InChI is InChI=1S/C18H7BrFNS3/c19-7-1-3-9-12(5-7)22-17-15(9)24-16-13-14(23-18(16)17)10-6-8(20)2-4-11(10)21-13/h1-6,21H. The van der Waals surface area contributed by atoms with Gasteiger partial charge in [0.2, 0.25) is 0 Å². The molecule has 2 aromatic carbocycles. The number of hydrogen-bond acceptors (Lipinski definition) is 3. The summed E-state index contributed by atoms with van der Waals surface area (Å²) < 4.78 is 22.5. The van der Waals surface area contributed by atoms with Gasteiger partial charge in [0.05, 0.1) is 29.0 Å². The molecule has 0 unspecified atom stereocenters. The molecular formula is C18H7BrFNS3. The van der Waals surface area contributed by atoms with Gasteiger partial charge >= 0.3 is 0 Å². The molecule has 0 saturated heterocycles. The molecule has 6 heteroatoms. The van der Waals surface area contributed by atoms with Crippen molar-refractivity contribution in [3.8, 4) is 0 Å². The van der Waals surface area contributed by atoms with Crippen molar-refractivity contribution < 1.29 is 4.39 Å². The Labute approximate surface area is 155 Å². The Balaban J connectivity index is 1.81. The van der Waals surface area contributed by atoms with Crippen LogP contribution >= 0.6 is 49.9 Å². The Morgan fingerprint density at radius 3 is 2.54 bits per heavy atom. The SMILES string of the molecule is Fc1ccc2[nH]c3c(sc4c3sc3c5ccc(Br)cc5sc34)c2c1. The summed E-state index contributed by atoms with van der Waals surface area (Å²) in [6.07, 6.45) is 0. The predicted octanol–water partition coefficient (Wildman–Crippen LogP) is 7.87. The van der Waals surface area contributed by atoms with E-state index in [1.165, 1.54) is 35.0 Å². The summed E-state index contributed by atoms with van der Waals surface area (Å²) in [4.78, 5) is 3.49. The van der Waals surface area contributed by atoms with E-state index in [9.17, 15) is 4.39 Å². The Morgan fingerprint density at radius 1 is 0.792 bits per heavy atom. The summed E-state index contributed by atoms with van der Waals surface area (Å²) in [6.45, 7) is 0. The molecule has 4 heterocycles. The van der Waals surface area contributed by atoms with Crippen molar-refractivity contribution in [1.82, 2.24) is 4.98 Å². The molecule has 0 saturated carbocycles. The van der Waals surface area contributed by atoms with Crippen LogP contribution in [0.15, 0.2) is 40.9 Å². The highest BCUT2D eigenvalue weighted by Gasteiger charge is 2.19. The Bertz CT molecular complexity index is 1430. The second-order valence-corrected chi connectivity index (χ2v) is 9.79. The summed E-state index contributed by atoms with van der Waals surface area (Å²) in [5.41, 5.74) is 2.15. The van der Waals surface area contributed by atoms with Gasteiger partial charge in [0.15, 0.2) is 0 Å². The zero-order chi connectivity index (χ0) is 16.0. The normalized spacial score (nSPS) is 12.6. The highest BCUT2D eigenvalue weighted by atomic mass is 79.9. The lowest BCUT2D eigenvalue weighted by molar-refractivity contribution is 0.630. The van der Waals surface area contributed by atoms with Crippen LogP contribution in [0.1, 0.15) is 0 Å². The van der Waals surface area contributed by atoms with E-state index in [1.807, 2.05) is 28.7 Å². The molecular weight excluding hydrogens is 425 g/mol. The first-order valence-corrected chi connectivity index (χ1v) is 10.6. The van der Waals surface area contributed by atoms with Crippen LogP contribution in [-0.4, -0.2) is 4.98 Å². The molecule has 24 heavy (non-hydrogen) atoms. The topological polar surface area (TPSA) is 15.8 Å². The maximum atomic E-state index is 13.6. The fourth-order valence-corrected chi connectivity index (χ4v) is 8.18. The molecule has 116 valence electrons. The number of benzene rings is 2. The maximum Gasteiger partial charge on any atom is 0.124 e. The summed E-state index contributed by atoms with van der Waals surface area (Å²) >= 11 is 9.01. The summed E-state index contributed by atoms with van der Waals surface area (Å²) in [7, 11) is 0. The quantitative estimate of drug-likeness (QED) is 0.251. The molecule has 0 aliphatic rings. The average Bonchev–Trinajstić information content (AvgIpc) is 3.24. The molecule has 0 radical (unpaired) electrons. The molecule has 0 amide bonds. The third-order valence-electron chi connectivity index (χ3n) is 4.37. The maximum absolute atomic E-state index is 13.6. The van der Waals surface area contributed by atoms with Gasteiger partial charge in [-0.1, -0.05) is 22.0 Å². The van der Waals surface area contributed by atoms with Gasteiger partial charge in [-0.05, 0) is 30.3 Å². The minimum atomic E-state index is -0.183. The fraction of sp³-hybridized carbons (Fsp3) is 0. The number of thiophene rings is 3. The second kappa shape index (κ2) is 4.58. The molecule has 0 aliphatic carbocycles. The third-order valence-corrected chi connectivity index (χ3v) is 8.90. The number of aromatic amines is 1. The van der Waals surface area contributed by atoms with Gasteiger partial charge in [-0.2, -0.15) is 0 Å². The van der Waals surface area contributed by atoms with Gasteiger partial charge in [-0.15, -0.1) is 34.0 Å². The highest BCUT2D eigenvalue weighted by molar-refractivity contribution is 9.10.